The number of aromatic nitrogens is 1. The first kappa shape index (κ1) is 32.7. The van der Waals surface area contributed by atoms with Gasteiger partial charge in [-0.3, -0.25) is 14.5 Å². The number of hydrogen-bond donors (Lipinski definition) is 0. The van der Waals surface area contributed by atoms with Gasteiger partial charge in [0.2, 0.25) is 5.91 Å². The molecule has 2 fully saturated rings. The van der Waals surface area contributed by atoms with Crippen LogP contribution < -0.4 is 0 Å². The van der Waals surface area contributed by atoms with Crippen molar-refractivity contribution in [2.24, 2.45) is 5.92 Å². The summed E-state index contributed by atoms with van der Waals surface area (Å²) in [7, 11) is 0. The van der Waals surface area contributed by atoms with Crippen LogP contribution in [0.1, 0.15) is 61.0 Å². The van der Waals surface area contributed by atoms with Crippen LogP contribution in [0.2, 0.25) is 0 Å². The largest absolute Gasteiger partial charge is 0.416 e. The number of rotatable bonds is 6. The standard InChI is InChI=1S/C33H36F6N4O2/c1-3-41(4-2)30(44)22-6-5-15-43(20-22)25-13-16-42(17-14-25)31(45)27-19-29(21-7-9-23(10-8-21)32(34,35)36)40-28-12-11-24(18-26(27)28)33(37,38)39/h7-12,18-19,22,25H,3-6,13-17,20H2,1-2H3. The van der Waals surface area contributed by atoms with E-state index in [9.17, 15) is 35.9 Å². The molecule has 2 aromatic carbocycles. The van der Waals surface area contributed by atoms with Crippen molar-refractivity contribution < 1.29 is 35.9 Å². The second kappa shape index (κ2) is 13.0. The van der Waals surface area contributed by atoms with E-state index in [1.165, 1.54) is 24.3 Å². The van der Waals surface area contributed by atoms with Crippen LogP contribution in [0.4, 0.5) is 26.3 Å². The Bertz CT molecular complexity index is 1530. The highest BCUT2D eigenvalue weighted by molar-refractivity contribution is 6.07. The smallest absolute Gasteiger partial charge is 0.343 e. The van der Waals surface area contributed by atoms with Gasteiger partial charge in [0.05, 0.1) is 33.8 Å². The van der Waals surface area contributed by atoms with Crippen molar-refractivity contribution in [3.05, 3.63) is 65.2 Å². The molecule has 45 heavy (non-hydrogen) atoms. The molecule has 0 N–H and O–H groups in total. The molecule has 5 rings (SSSR count). The van der Waals surface area contributed by atoms with Gasteiger partial charge < -0.3 is 9.80 Å². The molecule has 1 atom stereocenters. The number of piperidine rings is 2. The van der Waals surface area contributed by atoms with Gasteiger partial charge in [-0.15, -0.1) is 0 Å². The van der Waals surface area contributed by atoms with Crippen molar-refractivity contribution in [1.29, 1.82) is 0 Å². The van der Waals surface area contributed by atoms with Gasteiger partial charge in [0.25, 0.3) is 5.91 Å². The third-order valence-corrected chi connectivity index (χ3v) is 9.02. The highest BCUT2D eigenvalue weighted by Crippen LogP contribution is 2.35. The summed E-state index contributed by atoms with van der Waals surface area (Å²) in [5.74, 6) is -0.349. The summed E-state index contributed by atoms with van der Waals surface area (Å²) in [4.78, 5) is 37.1. The van der Waals surface area contributed by atoms with Gasteiger partial charge in [-0.05, 0) is 82.5 Å². The average Bonchev–Trinajstić information content (AvgIpc) is 3.03. The van der Waals surface area contributed by atoms with E-state index < -0.39 is 29.4 Å². The lowest BCUT2D eigenvalue weighted by Crippen LogP contribution is -2.52. The summed E-state index contributed by atoms with van der Waals surface area (Å²) in [6.45, 7) is 7.57. The SMILES string of the molecule is CCN(CC)C(=O)C1CCCN(C2CCN(C(=O)c3cc(-c4ccc(C(F)(F)F)cc4)nc4ccc(C(F)(F)F)cc34)CC2)C1. The van der Waals surface area contributed by atoms with Crippen molar-refractivity contribution in [2.45, 2.75) is 57.9 Å². The number of benzene rings is 2. The minimum atomic E-state index is -4.64. The number of likely N-dealkylation sites (tertiary alicyclic amines) is 2. The van der Waals surface area contributed by atoms with Gasteiger partial charge in [0.15, 0.2) is 0 Å². The quantitative estimate of drug-likeness (QED) is 0.271. The molecule has 0 saturated carbocycles. The Morgan fingerprint density at radius 2 is 1.47 bits per heavy atom. The molecule has 0 radical (unpaired) electrons. The van der Waals surface area contributed by atoms with E-state index >= 15 is 0 Å². The monoisotopic (exact) mass is 634 g/mol. The van der Waals surface area contributed by atoms with E-state index in [2.05, 4.69) is 9.88 Å². The second-order valence-corrected chi connectivity index (χ2v) is 11.7. The van der Waals surface area contributed by atoms with E-state index in [4.69, 9.17) is 0 Å². The molecular weight excluding hydrogens is 598 g/mol. The van der Waals surface area contributed by atoms with Crippen molar-refractivity contribution in [3.8, 4) is 11.3 Å². The van der Waals surface area contributed by atoms with Gasteiger partial charge in [-0.25, -0.2) is 4.98 Å². The lowest BCUT2D eigenvalue weighted by Gasteiger charge is -2.42. The van der Waals surface area contributed by atoms with Crippen molar-refractivity contribution in [3.63, 3.8) is 0 Å². The molecule has 0 spiro atoms. The molecule has 2 aliphatic rings. The number of pyridine rings is 1. The summed E-state index contributed by atoms with van der Waals surface area (Å²) in [6.07, 6.45) is -6.11. The maximum atomic E-state index is 13.9. The fourth-order valence-corrected chi connectivity index (χ4v) is 6.49. The zero-order valence-electron chi connectivity index (χ0n) is 25.2. The summed E-state index contributed by atoms with van der Waals surface area (Å²) in [5.41, 5.74) is -1.13. The molecule has 0 bridgehead atoms. The average molecular weight is 635 g/mol. The molecule has 242 valence electrons. The molecule has 1 aromatic heterocycles. The number of alkyl halides is 6. The second-order valence-electron chi connectivity index (χ2n) is 11.7. The van der Waals surface area contributed by atoms with Crippen molar-refractivity contribution in [2.75, 3.05) is 39.3 Å². The maximum absolute atomic E-state index is 13.9. The normalized spacial score (nSPS) is 18.8. The third-order valence-electron chi connectivity index (χ3n) is 9.02. The first-order valence-corrected chi connectivity index (χ1v) is 15.3. The Morgan fingerprint density at radius 3 is 2.07 bits per heavy atom. The van der Waals surface area contributed by atoms with Crippen LogP contribution in [0.15, 0.2) is 48.5 Å². The maximum Gasteiger partial charge on any atom is 0.416 e. The van der Waals surface area contributed by atoms with Crippen LogP contribution in [-0.4, -0.2) is 76.8 Å². The van der Waals surface area contributed by atoms with Crippen LogP contribution in [0, 0.1) is 5.92 Å². The molecule has 6 nitrogen and oxygen atoms in total. The lowest BCUT2D eigenvalue weighted by atomic mass is 9.92. The molecule has 3 heterocycles. The molecule has 0 aliphatic carbocycles. The molecule has 1 unspecified atom stereocenters. The van der Waals surface area contributed by atoms with Gasteiger partial charge in [0.1, 0.15) is 0 Å². The lowest BCUT2D eigenvalue weighted by molar-refractivity contribution is -0.138. The number of amides is 2. The minimum absolute atomic E-state index is 0.0160. The fourth-order valence-electron chi connectivity index (χ4n) is 6.49. The number of halogens is 6. The molecule has 2 aliphatic heterocycles. The topological polar surface area (TPSA) is 56.8 Å². The van der Waals surface area contributed by atoms with E-state index in [0.29, 0.717) is 51.1 Å². The first-order valence-electron chi connectivity index (χ1n) is 15.3. The van der Waals surface area contributed by atoms with Crippen molar-refractivity contribution >= 4 is 22.7 Å². The van der Waals surface area contributed by atoms with Crippen LogP contribution in [0.25, 0.3) is 22.2 Å². The van der Waals surface area contributed by atoms with Gasteiger partial charge >= 0.3 is 12.4 Å². The minimum Gasteiger partial charge on any atom is -0.343 e. The molecule has 2 amide bonds. The number of carbonyl (C=O) groups is 2. The van der Waals surface area contributed by atoms with Crippen LogP contribution in [0.3, 0.4) is 0 Å². The molecular formula is C33H36F6N4O2. The zero-order valence-corrected chi connectivity index (χ0v) is 25.2. The summed E-state index contributed by atoms with van der Waals surface area (Å²) in [6, 6.07) is 8.78. The zero-order chi connectivity index (χ0) is 32.5. The Hall–Kier alpha value is -3.67. The van der Waals surface area contributed by atoms with E-state index in [-0.39, 0.29) is 40.0 Å². The highest BCUT2D eigenvalue weighted by atomic mass is 19.4. The fraction of sp³-hybridized carbons (Fsp3) is 0.485. The molecule has 3 aromatic rings. The molecule has 12 heteroatoms. The van der Waals surface area contributed by atoms with Gasteiger partial charge in [-0.2, -0.15) is 26.3 Å². The number of hydrogen-bond acceptors (Lipinski definition) is 4. The van der Waals surface area contributed by atoms with Crippen molar-refractivity contribution in [1.82, 2.24) is 19.7 Å². The number of carbonyl (C=O) groups excluding carboxylic acids is 2. The Kier molecular flexibility index (Phi) is 9.44. The van der Waals surface area contributed by atoms with Gasteiger partial charge in [0, 0.05) is 49.7 Å². The Morgan fingerprint density at radius 1 is 0.844 bits per heavy atom. The number of nitrogens with zero attached hydrogens (tertiary/aromatic N) is 4. The Balaban J connectivity index is 1.38. The molecule has 2 saturated heterocycles. The van der Waals surface area contributed by atoms with E-state index in [1.807, 2.05) is 18.7 Å². The Labute approximate surface area is 258 Å². The predicted octanol–water partition coefficient (Wildman–Crippen LogP) is 7.12. The number of fused-ring (bicyclic) bond motifs is 1. The summed E-state index contributed by atoms with van der Waals surface area (Å²) < 4.78 is 80.3. The van der Waals surface area contributed by atoms with E-state index in [1.54, 1.807) is 4.90 Å². The van der Waals surface area contributed by atoms with Crippen LogP contribution >= 0.6 is 0 Å². The summed E-state index contributed by atoms with van der Waals surface area (Å²) >= 11 is 0. The predicted molar refractivity (Wildman–Crippen MR) is 158 cm³/mol. The summed E-state index contributed by atoms with van der Waals surface area (Å²) in [5, 5.41) is 0.0291. The first-order chi connectivity index (χ1) is 21.3. The van der Waals surface area contributed by atoms with Gasteiger partial charge in [-0.1, -0.05) is 12.1 Å². The van der Waals surface area contributed by atoms with Crippen LogP contribution in [0.5, 0.6) is 0 Å². The van der Waals surface area contributed by atoms with E-state index in [0.717, 1.165) is 43.7 Å². The third kappa shape index (κ3) is 7.10. The highest BCUT2D eigenvalue weighted by Gasteiger charge is 2.35. The van der Waals surface area contributed by atoms with Crippen LogP contribution in [-0.2, 0) is 17.1 Å².